The summed E-state index contributed by atoms with van der Waals surface area (Å²) >= 11 is 0. The Labute approximate surface area is 290 Å². The van der Waals surface area contributed by atoms with Gasteiger partial charge in [0.2, 0.25) is 5.91 Å². The first kappa shape index (κ1) is 38.5. The van der Waals surface area contributed by atoms with E-state index in [0.29, 0.717) is 18.8 Å². The number of nitrogens with zero attached hydrogens (tertiary/aromatic N) is 1. The lowest BCUT2D eigenvalue weighted by molar-refractivity contribution is -0.211. The van der Waals surface area contributed by atoms with E-state index < -0.39 is 22.4 Å². The van der Waals surface area contributed by atoms with Gasteiger partial charge in [-0.25, -0.2) is 0 Å². The molecule has 266 valence electrons. The summed E-state index contributed by atoms with van der Waals surface area (Å²) in [6, 6.07) is 0. The van der Waals surface area contributed by atoms with Crippen molar-refractivity contribution in [3.8, 4) is 0 Å². The minimum absolute atomic E-state index is 0.0185. The maximum absolute atomic E-state index is 13.5. The maximum atomic E-state index is 13.5. The second-order valence-electron chi connectivity index (χ2n) is 18.4. The molecule has 0 unspecified atom stereocenters. The molecule has 1 heterocycles. The van der Waals surface area contributed by atoms with Crippen LogP contribution in [-0.2, 0) is 18.4 Å². The van der Waals surface area contributed by atoms with Crippen LogP contribution in [0.2, 0.25) is 36.3 Å². The van der Waals surface area contributed by atoms with Gasteiger partial charge in [-0.1, -0.05) is 91.3 Å². The van der Waals surface area contributed by atoms with Gasteiger partial charge in [0.15, 0.2) is 22.4 Å². The molecule has 0 aromatic carbocycles. The van der Waals surface area contributed by atoms with Crippen LogP contribution in [0.3, 0.4) is 0 Å². The summed E-state index contributed by atoms with van der Waals surface area (Å²) in [4.78, 5) is 15.5. The van der Waals surface area contributed by atoms with Gasteiger partial charge in [-0.3, -0.25) is 4.79 Å². The van der Waals surface area contributed by atoms with E-state index in [1.807, 2.05) is 4.90 Å². The third-order valence-corrected chi connectivity index (χ3v) is 22.0. The van der Waals surface area contributed by atoms with Crippen LogP contribution >= 0.6 is 0 Å². The van der Waals surface area contributed by atoms with Crippen LogP contribution in [0.25, 0.3) is 0 Å². The Kier molecular flexibility index (Phi) is 11.6. The molecule has 0 radical (unpaired) electrons. The van der Waals surface area contributed by atoms with Gasteiger partial charge >= 0.3 is 0 Å². The molecule has 1 aliphatic heterocycles. The van der Waals surface area contributed by atoms with E-state index in [0.717, 1.165) is 56.3 Å². The van der Waals surface area contributed by atoms with E-state index in [9.17, 15) is 4.79 Å². The summed E-state index contributed by atoms with van der Waals surface area (Å²) in [5.41, 5.74) is 5.67. The number of likely N-dealkylation sites (tertiary alicyclic amines) is 1. The molecule has 4 atom stereocenters. The molecule has 4 rings (SSSR count). The second kappa shape index (κ2) is 14.2. The number of ether oxygens (including phenoxy) is 1. The molecule has 4 aliphatic rings. The first-order valence-electron chi connectivity index (χ1n) is 18.7. The number of carbonyl (C=O) groups is 1. The Morgan fingerprint density at radius 3 is 2.23 bits per heavy atom. The maximum Gasteiger partial charge on any atom is 0.248 e. The number of amides is 1. The number of allylic oxidation sites excluding steroid dienone is 5. The van der Waals surface area contributed by atoms with Crippen molar-refractivity contribution in [2.45, 2.75) is 168 Å². The lowest BCUT2D eigenvalue weighted by Gasteiger charge is -2.51. The fourth-order valence-corrected chi connectivity index (χ4v) is 10.6. The third kappa shape index (κ3) is 8.38. The van der Waals surface area contributed by atoms with Crippen LogP contribution in [0, 0.1) is 11.3 Å². The standard InChI is InChI=1S/C40H69NO4Si2/c1-14-33-22-23-34-31(19-18-24-39(33,34)9)20-21-32-27-40(45-47(12,13)38(6,7)8,43-29-36(42)41-25-16-15-17-26-41)28-35(30(32)2)44-46(10,11)37(3,4)5/h20-22,34-35H,2,14-19,23-29H2,1,3-13H3/t34-,35-,39+,40+/m0/s1. The lowest BCUT2D eigenvalue weighted by atomic mass is 9.64. The van der Waals surface area contributed by atoms with E-state index in [1.54, 1.807) is 11.1 Å². The molecule has 47 heavy (non-hydrogen) atoms. The van der Waals surface area contributed by atoms with E-state index in [4.69, 9.17) is 20.2 Å². The molecule has 1 amide bonds. The van der Waals surface area contributed by atoms with E-state index in [-0.39, 0.29) is 34.1 Å². The summed E-state index contributed by atoms with van der Waals surface area (Å²) in [5.74, 6) is -0.312. The van der Waals surface area contributed by atoms with Gasteiger partial charge in [-0.15, -0.1) is 0 Å². The summed E-state index contributed by atoms with van der Waals surface area (Å²) in [6.07, 6.45) is 17.4. The molecule has 0 bridgehead atoms. The molecule has 5 nitrogen and oxygen atoms in total. The summed E-state index contributed by atoms with van der Waals surface area (Å²) < 4.78 is 21.4. The van der Waals surface area contributed by atoms with E-state index in [1.165, 1.54) is 19.3 Å². The van der Waals surface area contributed by atoms with Crippen molar-refractivity contribution in [1.82, 2.24) is 4.90 Å². The van der Waals surface area contributed by atoms with Crippen LogP contribution in [0.4, 0.5) is 0 Å². The number of piperidine rings is 1. The van der Waals surface area contributed by atoms with Gasteiger partial charge in [-0.2, -0.15) is 0 Å². The van der Waals surface area contributed by atoms with Gasteiger partial charge in [0.1, 0.15) is 6.61 Å². The fraction of sp³-hybridized carbons (Fsp3) is 0.775. The molecule has 0 spiro atoms. The Balaban J connectivity index is 1.75. The van der Waals surface area contributed by atoms with E-state index >= 15 is 0 Å². The highest BCUT2D eigenvalue weighted by Crippen LogP contribution is 2.56. The Morgan fingerprint density at radius 2 is 1.64 bits per heavy atom. The van der Waals surface area contributed by atoms with Gasteiger partial charge in [0.05, 0.1) is 6.10 Å². The lowest BCUT2D eigenvalue weighted by Crippen LogP contribution is -2.57. The highest BCUT2D eigenvalue weighted by atomic mass is 28.4. The Morgan fingerprint density at radius 1 is 1.00 bits per heavy atom. The normalized spacial score (nSPS) is 31.4. The average Bonchev–Trinajstić information content (AvgIpc) is 3.32. The van der Waals surface area contributed by atoms with Crippen LogP contribution in [0.15, 0.2) is 47.1 Å². The molecule has 3 aliphatic carbocycles. The minimum Gasteiger partial charge on any atom is -0.410 e. The van der Waals surface area contributed by atoms with Gasteiger partial charge < -0.3 is 18.5 Å². The molecule has 0 aromatic rings. The predicted molar refractivity (Wildman–Crippen MR) is 202 cm³/mol. The van der Waals surface area contributed by atoms with Crippen molar-refractivity contribution in [3.63, 3.8) is 0 Å². The molecule has 1 saturated heterocycles. The van der Waals surface area contributed by atoms with Gasteiger partial charge in [0, 0.05) is 25.9 Å². The van der Waals surface area contributed by atoms with Crippen molar-refractivity contribution in [2.24, 2.45) is 11.3 Å². The zero-order chi connectivity index (χ0) is 35.1. The quantitative estimate of drug-likeness (QED) is 0.138. The number of hydrogen-bond donors (Lipinski definition) is 0. The van der Waals surface area contributed by atoms with Crippen molar-refractivity contribution >= 4 is 22.5 Å². The summed E-state index contributed by atoms with van der Waals surface area (Å²) in [7, 11) is -4.49. The number of rotatable bonds is 9. The molecule has 0 aromatic heterocycles. The SMILES string of the molecule is C=C1C(=CC=C2CCC[C@]3(C)C(CC)=CC[C@@H]23)C[C@@](OCC(=O)N2CCCCC2)(O[Si](C)(C)C(C)(C)C)C[C@@H]1O[Si](C)(C)C(C)(C)C. The molecule has 3 fully saturated rings. The van der Waals surface area contributed by atoms with Crippen molar-refractivity contribution < 1.29 is 18.4 Å². The first-order chi connectivity index (χ1) is 21.6. The van der Waals surface area contributed by atoms with Crippen molar-refractivity contribution in [1.29, 1.82) is 0 Å². The van der Waals surface area contributed by atoms with Crippen LogP contribution < -0.4 is 0 Å². The molecular formula is C40H69NO4Si2. The van der Waals surface area contributed by atoms with Gasteiger partial charge in [0.25, 0.3) is 0 Å². The second-order valence-corrected chi connectivity index (χ2v) is 27.8. The summed E-state index contributed by atoms with van der Waals surface area (Å²) in [5, 5.41) is 0.0268. The van der Waals surface area contributed by atoms with Crippen molar-refractivity contribution in [2.75, 3.05) is 19.7 Å². The van der Waals surface area contributed by atoms with Crippen LogP contribution in [0.1, 0.15) is 120 Å². The number of hydrogen-bond acceptors (Lipinski definition) is 4. The van der Waals surface area contributed by atoms with Crippen molar-refractivity contribution in [3.05, 3.63) is 47.1 Å². The average molecular weight is 684 g/mol. The van der Waals surface area contributed by atoms with E-state index in [2.05, 4.69) is 99.8 Å². The van der Waals surface area contributed by atoms with Gasteiger partial charge in [-0.05, 0) is 110 Å². The largest absolute Gasteiger partial charge is 0.410 e. The fourth-order valence-electron chi connectivity index (χ4n) is 7.82. The molecule has 7 heteroatoms. The summed E-state index contributed by atoms with van der Waals surface area (Å²) in [6.45, 7) is 34.1. The topological polar surface area (TPSA) is 48.0 Å². The smallest absolute Gasteiger partial charge is 0.248 e. The highest BCUT2D eigenvalue weighted by Gasteiger charge is 2.52. The minimum atomic E-state index is -2.32. The predicted octanol–water partition coefficient (Wildman–Crippen LogP) is 10.9. The molecular weight excluding hydrogens is 615 g/mol. The zero-order valence-electron chi connectivity index (χ0n) is 32.4. The Hall–Kier alpha value is -1.26. The molecule has 2 saturated carbocycles. The van der Waals surface area contributed by atoms with Crippen LogP contribution in [-0.4, -0.2) is 59.0 Å². The third-order valence-electron chi connectivity index (χ3n) is 13.0. The van der Waals surface area contributed by atoms with Crippen LogP contribution in [0.5, 0.6) is 0 Å². The number of fused-ring (bicyclic) bond motifs is 1. The molecule has 0 N–H and O–H groups in total. The number of carbonyl (C=O) groups excluding carboxylic acids is 1. The first-order valence-corrected chi connectivity index (χ1v) is 24.5. The monoisotopic (exact) mass is 683 g/mol. The highest BCUT2D eigenvalue weighted by molar-refractivity contribution is 6.74. The zero-order valence-corrected chi connectivity index (χ0v) is 34.4. The Bertz CT molecular complexity index is 1260.